The molecule has 3 rings (SSSR count). The summed E-state index contributed by atoms with van der Waals surface area (Å²) < 4.78 is 19.6. The zero-order chi connectivity index (χ0) is 19.9. The van der Waals surface area contributed by atoms with Crippen molar-refractivity contribution in [1.29, 1.82) is 0 Å². The summed E-state index contributed by atoms with van der Waals surface area (Å²) in [5.41, 5.74) is 0.953. The largest absolute Gasteiger partial charge is 0.423 e. The number of rotatable bonds is 7. The number of hydrogen-bond donors (Lipinski definition) is 0. The highest BCUT2D eigenvalue weighted by Gasteiger charge is 2.33. The Morgan fingerprint density at radius 2 is 1.61 bits per heavy atom. The number of halogens is 1. The molecule has 0 atom stereocenters. The van der Waals surface area contributed by atoms with E-state index in [0.29, 0.717) is 0 Å². The van der Waals surface area contributed by atoms with E-state index in [9.17, 15) is 9.18 Å². The van der Waals surface area contributed by atoms with Crippen LogP contribution in [-0.4, -0.2) is 5.97 Å². The molecule has 0 amide bonds. The lowest BCUT2D eigenvalue weighted by molar-refractivity contribution is -0.140. The van der Waals surface area contributed by atoms with E-state index in [4.69, 9.17) is 4.74 Å². The third kappa shape index (κ3) is 5.58. The molecule has 2 aliphatic rings. The molecule has 28 heavy (non-hydrogen) atoms. The van der Waals surface area contributed by atoms with Gasteiger partial charge in [0.25, 0.3) is 0 Å². The third-order valence-electron chi connectivity index (χ3n) is 7.11. The van der Waals surface area contributed by atoms with Gasteiger partial charge in [0, 0.05) is 0 Å². The predicted molar refractivity (Wildman–Crippen MR) is 112 cm³/mol. The zero-order valence-corrected chi connectivity index (χ0v) is 17.7. The van der Waals surface area contributed by atoms with Gasteiger partial charge in [-0.2, -0.15) is 0 Å². The van der Waals surface area contributed by atoms with E-state index >= 15 is 0 Å². The van der Waals surface area contributed by atoms with Gasteiger partial charge in [0.1, 0.15) is 0 Å². The predicted octanol–water partition coefficient (Wildman–Crippen LogP) is 7.10. The first-order valence-corrected chi connectivity index (χ1v) is 11.6. The van der Waals surface area contributed by atoms with Crippen molar-refractivity contribution in [1.82, 2.24) is 0 Å². The second kappa shape index (κ2) is 10.4. The first-order valence-electron chi connectivity index (χ1n) is 11.6. The van der Waals surface area contributed by atoms with E-state index < -0.39 is 5.82 Å². The number of aryl methyl sites for hydroxylation is 1. The first-order chi connectivity index (χ1) is 13.6. The quantitative estimate of drug-likeness (QED) is 0.368. The molecule has 0 radical (unpaired) electrons. The van der Waals surface area contributed by atoms with Crippen molar-refractivity contribution in [3.05, 3.63) is 29.6 Å². The maximum absolute atomic E-state index is 14.2. The van der Waals surface area contributed by atoms with Crippen LogP contribution in [0.15, 0.2) is 18.2 Å². The minimum absolute atomic E-state index is 0.0672. The fraction of sp³-hybridized carbons (Fsp3) is 0.720. The van der Waals surface area contributed by atoms with Gasteiger partial charge in [-0.05, 0) is 80.4 Å². The van der Waals surface area contributed by atoms with E-state index in [1.807, 2.05) is 6.07 Å². The smallest absolute Gasteiger partial charge is 0.314 e. The lowest BCUT2D eigenvalue weighted by Gasteiger charge is -2.37. The van der Waals surface area contributed by atoms with Crippen molar-refractivity contribution in [2.45, 2.75) is 90.9 Å². The first kappa shape index (κ1) is 21.3. The van der Waals surface area contributed by atoms with Gasteiger partial charge < -0.3 is 4.74 Å². The van der Waals surface area contributed by atoms with Crippen LogP contribution in [0.3, 0.4) is 0 Å². The highest BCUT2D eigenvalue weighted by Crippen LogP contribution is 2.42. The van der Waals surface area contributed by atoms with E-state index in [2.05, 4.69) is 13.8 Å². The summed E-state index contributed by atoms with van der Waals surface area (Å²) in [5, 5.41) is 0. The van der Waals surface area contributed by atoms with Gasteiger partial charge in [-0.3, -0.25) is 4.79 Å². The number of esters is 1. The molecule has 1 aromatic carbocycles. The maximum atomic E-state index is 14.2. The molecule has 0 aliphatic heterocycles. The minimum Gasteiger partial charge on any atom is -0.423 e. The number of carbonyl (C=O) groups is 1. The Balaban J connectivity index is 1.45. The second-order valence-electron chi connectivity index (χ2n) is 9.12. The van der Waals surface area contributed by atoms with Crippen molar-refractivity contribution in [3.8, 4) is 5.75 Å². The second-order valence-corrected chi connectivity index (χ2v) is 9.12. The van der Waals surface area contributed by atoms with E-state index in [-0.39, 0.29) is 17.6 Å². The van der Waals surface area contributed by atoms with Gasteiger partial charge in [-0.1, -0.05) is 52.0 Å². The van der Waals surface area contributed by atoms with Crippen LogP contribution in [-0.2, 0) is 11.2 Å². The fourth-order valence-corrected chi connectivity index (χ4v) is 5.45. The van der Waals surface area contributed by atoms with Crippen LogP contribution in [0.25, 0.3) is 0 Å². The van der Waals surface area contributed by atoms with E-state index in [0.717, 1.165) is 61.8 Å². The molecule has 2 aliphatic carbocycles. The molecule has 0 N–H and O–H groups in total. The number of ether oxygens (including phenoxy) is 1. The molecule has 0 saturated heterocycles. The highest BCUT2D eigenvalue weighted by molar-refractivity contribution is 5.75. The van der Waals surface area contributed by atoms with Crippen molar-refractivity contribution < 1.29 is 13.9 Å². The number of benzene rings is 1. The Kier molecular flexibility index (Phi) is 7.93. The van der Waals surface area contributed by atoms with Crippen LogP contribution in [0.2, 0.25) is 0 Å². The van der Waals surface area contributed by atoms with Crippen molar-refractivity contribution in [2.75, 3.05) is 0 Å². The Hall–Kier alpha value is -1.38. The Labute approximate surface area is 170 Å². The standard InChI is InChI=1S/C25H37FO2/c1-3-5-18-7-10-20(11-8-18)21-12-14-22(15-13-21)25(27)28-24-16-9-19(6-4-2)17-23(24)26/h9,16-18,20-22H,3-8,10-15H2,1-2H3/t18-,20-,21-,22-. The summed E-state index contributed by atoms with van der Waals surface area (Å²) in [6.45, 7) is 4.36. The number of hydrogen-bond acceptors (Lipinski definition) is 2. The Morgan fingerprint density at radius 3 is 2.18 bits per heavy atom. The maximum Gasteiger partial charge on any atom is 0.314 e. The molecule has 0 aromatic heterocycles. The lowest BCUT2D eigenvalue weighted by Crippen LogP contribution is -2.30. The molecular weight excluding hydrogens is 351 g/mol. The van der Waals surface area contributed by atoms with Gasteiger partial charge >= 0.3 is 5.97 Å². The molecule has 0 heterocycles. The topological polar surface area (TPSA) is 26.3 Å². The fourth-order valence-electron chi connectivity index (χ4n) is 5.45. The molecule has 0 spiro atoms. The third-order valence-corrected chi connectivity index (χ3v) is 7.11. The van der Waals surface area contributed by atoms with Gasteiger partial charge in [-0.15, -0.1) is 0 Å². The SMILES string of the molecule is CCCc1ccc(OC(=O)[C@H]2CC[C@H]([C@H]3CC[C@H](CCC)CC3)CC2)c(F)c1. The molecule has 156 valence electrons. The molecule has 2 saturated carbocycles. The van der Waals surface area contributed by atoms with Crippen LogP contribution in [0.1, 0.15) is 90.0 Å². The summed E-state index contributed by atoms with van der Waals surface area (Å²) in [4.78, 5) is 12.5. The van der Waals surface area contributed by atoms with Crippen LogP contribution in [0.4, 0.5) is 4.39 Å². The summed E-state index contributed by atoms with van der Waals surface area (Å²) in [6.07, 6.45) is 14.1. The van der Waals surface area contributed by atoms with Gasteiger partial charge in [0.15, 0.2) is 11.6 Å². The van der Waals surface area contributed by atoms with Crippen LogP contribution >= 0.6 is 0 Å². The molecular formula is C25H37FO2. The number of carbonyl (C=O) groups excluding carboxylic acids is 1. The highest BCUT2D eigenvalue weighted by atomic mass is 19.1. The Morgan fingerprint density at radius 1 is 0.964 bits per heavy atom. The Bertz CT molecular complexity index is 625. The monoisotopic (exact) mass is 388 g/mol. The van der Waals surface area contributed by atoms with Crippen molar-refractivity contribution in [2.24, 2.45) is 23.7 Å². The molecule has 2 fully saturated rings. The van der Waals surface area contributed by atoms with Crippen LogP contribution < -0.4 is 4.74 Å². The lowest BCUT2D eigenvalue weighted by atomic mass is 9.69. The zero-order valence-electron chi connectivity index (χ0n) is 17.7. The summed E-state index contributed by atoms with van der Waals surface area (Å²) in [6, 6.07) is 4.97. The normalized spacial score (nSPS) is 28.1. The van der Waals surface area contributed by atoms with Gasteiger partial charge in [0.05, 0.1) is 5.92 Å². The molecule has 0 bridgehead atoms. The summed E-state index contributed by atoms with van der Waals surface area (Å²) >= 11 is 0. The molecule has 1 aromatic rings. The average Bonchev–Trinajstić information content (AvgIpc) is 2.71. The average molecular weight is 389 g/mol. The summed E-state index contributed by atoms with van der Waals surface area (Å²) in [5.74, 6) is 1.93. The molecule has 2 nitrogen and oxygen atoms in total. The minimum atomic E-state index is -0.420. The molecule has 0 unspecified atom stereocenters. The van der Waals surface area contributed by atoms with Crippen molar-refractivity contribution >= 4 is 5.97 Å². The van der Waals surface area contributed by atoms with Gasteiger partial charge in [-0.25, -0.2) is 4.39 Å². The van der Waals surface area contributed by atoms with Crippen molar-refractivity contribution in [3.63, 3.8) is 0 Å². The van der Waals surface area contributed by atoms with E-state index in [1.54, 1.807) is 6.07 Å². The van der Waals surface area contributed by atoms with Crippen LogP contribution in [0, 0.1) is 29.5 Å². The van der Waals surface area contributed by atoms with Crippen LogP contribution in [0.5, 0.6) is 5.75 Å². The van der Waals surface area contributed by atoms with E-state index in [1.165, 1.54) is 44.6 Å². The summed E-state index contributed by atoms with van der Waals surface area (Å²) in [7, 11) is 0. The molecule has 3 heteroatoms. The van der Waals surface area contributed by atoms with Gasteiger partial charge in [0.2, 0.25) is 0 Å².